The summed E-state index contributed by atoms with van der Waals surface area (Å²) in [6, 6.07) is 4.40. The first kappa shape index (κ1) is 17.4. The van der Waals surface area contributed by atoms with E-state index in [1.54, 1.807) is 17.7 Å². The minimum absolute atomic E-state index is 0.0219. The number of benzene rings is 1. The molecule has 4 rings (SSSR count). The number of carbonyl (C=O) groups excluding carboxylic acids is 1. The number of amides is 1. The number of hydrogen-bond donors (Lipinski definition) is 2. The summed E-state index contributed by atoms with van der Waals surface area (Å²) < 4.78 is 16.3. The highest BCUT2D eigenvalue weighted by molar-refractivity contribution is 5.77. The van der Waals surface area contributed by atoms with Gasteiger partial charge >= 0.3 is 5.69 Å². The van der Waals surface area contributed by atoms with Crippen molar-refractivity contribution in [2.45, 2.75) is 44.7 Å². The Bertz CT molecular complexity index is 1050. The molecule has 0 fully saturated rings. The standard InChI is InChI=1S/C18H21FN6O2/c1-24-18(27)25-9-8-12(3-6-16(25)23-24)20-17(26)7-5-15-21-13-4-2-11(19)10-14(13)22-15/h2,4,10,12H,3,5-9H2,1H3,(H,20,26)(H,21,22). The zero-order valence-electron chi connectivity index (χ0n) is 15.0. The molecular formula is C18H21FN6O2. The normalized spacial score (nSPS) is 16.9. The van der Waals surface area contributed by atoms with Crippen molar-refractivity contribution >= 4 is 16.9 Å². The lowest BCUT2D eigenvalue weighted by Crippen LogP contribution is -2.35. The average Bonchev–Trinajstić information content (AvgIpc) is 3.09. The van der Waals surface area contributed by atoms with Crippen molar-refractivity contribution in [3.05, 3.63) is 46.1 Å². The second kappa shape index (κ2) is 6.98. The van der Waals surface area contributed by atoms with Crippen molar-refractivity contribution in [2.75, 3.05) is 0 Å². The molecule has 1 aliphatic rings. The Balaban J connectivity index is 1.32. The highest BCUT2D eigenvalue weighted by Crippen LogP contribution is 2.15. The minimum atomic E-state index is -0.321. The molecular weight excluding hydrogens is 351 g/mol. The van der Waals surface area contributed by atoms with Crippen LogP contribution in [0.5, 0.6) is 0 Å². The smallest absolute Gasteiger partial charge is 0.345 e. The van der Waals surface area contributed by atoms with E-state index in [-0.39, 0.29) is 23.5 Å². The first-order valence-corrected chi connectivity index (χ1v) is 9.06. The van der Waals surface area contributed by atoms with E-state index in [1.807, 2.05) is 0 Å². The van der Waals surface area contributed by atoms with Gasteiger partial charge in [0.25, 0.3) is 0 Å². The molecule has 0 bridgehead atoms. The second-order valence-corrected chi connectivity index (χ2v) is 6.91. The van der Waals surface area contributed by atoms with Crippen LogP contribution in [0.3, 0.4) is 0 Å². The van der Waals surface area contributed by atoms with Crippen LogP contribution in [-0.2, 0) is 31.2 Å². The molecule has 1 atom stereocenters. The van der Waals surface area contributed by atoms with Crippen molar-refractivity contribution in [3.63, 3.8) is 0 Å². The number of aromatic nitrogens is 5. The van der Waals surface area contributed by atoms with E-state index >= 15 is 0 Å². The van der Waals surface area contributed by atoms with Crippen LogP contribution in [0.25, 0.3) is 11.0 Å². The van der Waals surface area contributed by atoms with E-state index in [1.165, 1.54) is 16.8 Å². The predicted octanol–water partition coefficient (Wildman–Crippen LogP) is 1.05. The first-order chi connectivity index (χ1) is 13.0. The Hall–Kier alpha value is -2.97. The molecule has 0 aliphatic carbocycles. The molecule has 8 nitrogen and oxygen atoms in total. The summed E-state index contributed by atoms with van der Waals surface area (Å²) in [6.07, 6.45) is 2.87. The molecule has 1 aliphatic heterocycles. The number of nitrogens with zero attached hydrogens (tertiary/aromatic N) is 4. The maximum atomic E-state index is 13.2. The molecule has 0 spiro atoms. The number of fused-ring (bicyclic) bond motifs is 2. The van der Waals surface area contributed by atoms with Gasteiger partial charge in [-0.1, -0.05) is 0 Å². The molecule has 3 heterocycles. The lowest BCUT2D eigenvalue weighted by molar-refractivity contribution is -0.121. The van der Waals surface area contributed by atoms with Crippen molar-refractivity contribution in [1.82, 2.24) is 29.6 Å². The third kappa shape index (κ3) is 3.62. The number of halogens is 1. The summed E-state index contributed by atoms with van der Waals surface area (Å²) in [7, 11) is 1.65. The maximum absolute atomic E-state index is 13.2. The van der Waals surface area contributed by atoms with Gasteiger partial charge in [-0.2, -0.15) is 5.10 Å². The number of nitrogens with one attached hydrogen (secondary N) is 2. The van der Waals surface area contributed by atoms with Crippen molar-refractivity contribution < 1.29 is 9.18 Å². The highest BCUT2D eigenvalue weighted by atomic mass is 19.1. The molecule has 1 amide bonds. The summed E-state index contributed by atoms with van der Waals surface area (Å²) in [5, 5.41) is 7.28. The molecule has 0 saturated heterocycles. The van der Waals surface area contributed by atoms with Gasteiger partial charge in [0.15, 0.2) is 0 Å². The number of carbonyl (C=O) groups is 1. The number of aryl methyl sites for hydroxylation is 3. The molecule has 1 aromatic carbocycles. The predicted molar refractivity (Wildman–Crippen MR) is 96.7 cm³/mol. The van der Waals surface area contributed by atoms with Gasteiger partial charge in [-0.05, 0) is 31.0 Å². The fourth-order valence-electron chi connectivity index (χ4n) is 3.53. The van der Waals surface area contributed by atoms with E-state index in [2.05, 4.69) is 20.4 Å². The highest BCUT2D eigenvalue weighted by Gasteiger charge is 2.21. The molecule has 2 N–H and O–H groups in total. The van der Waals surface area contributed by atoms with Gasteiger partial charge in [-0.25, -0.2) is 18.9 Å². The van der Waals surface area contributed by atoms with Gasteiger partial charge in [-0.15, -0.1) is 0 Å². The molecule has 9 heteroatoms. The maximum Gasteiger partial charge on any atom is 0.345 e. The van der Waals surface area contributed by atoms with Crippen LogP contribution in [-0.4, -0.2) is 36.3 Å². The first-order valence-electron chi connectivity index (χ1n) is 9.06. The summed E-state index contributed by atoms with van der Waals surface area (Å²) in [5.41, 5.74) is 1.20. The molecule has 27 heavy (non-hydrogen) atoms. The average molecular weight is 372 g/mol. The van der Waals surface area contributed by atoms with Gasteiger partial charge in [0, 0.05) is 38.9 Å². The lowest BCUT2D eigenvalue weighted by Gasteiger charge is -2.15. The van der Waals surface area contributed by atoms with Crippen molar-refractivity contribution in [2.24, 2.45) is 7.05 Å². The summed E-state index contributed by atoms with van der Waals surface area (Å²) >= 11 is 0. The van der Waals surface area contributed by atoms with E-state index in [4.69, 9.17) is 0 Å². The molecule has 1 unspecified atom stereocenters. The van der Waals surface area contributed by atoms with E-state index in [0.29, 0.717) is 49.1 Å². The van der Waals surface area contributed by atoms with Gasteiger partial charge < -0.3 is 10.3 Å². The monoisotopic (exact) mass is 372 g/mol. The number of imidazole rings is 1. The molecule has 2 aromatic heterocycles. The van der Waals surface area contributed by atoms with Crippen LogP contribution in [0.15, 0.2) is 23.0 Å². The second-order valence-electron chi connectivity index (χ2n) is 6.91. The Morgan fingerprint density at radius 2 is 2.26 bits per heavy atom. The van der Waals surface area contributed by atoms with Crippen LogP contribution < -0.4 is 11.0 Å². The number of aromatic amines is 1. The zero-order chi connectivity index (χ0) is 19.0. The third-order valence-corrected chi connectivity index (χ3v) is 4.95. The van der Waals surface area contributed by atoms with Crippen molar-refractivity contribution in [3.8, 4) is 0 Å². The summed E-state index contributed by atoms with van der Waals surface area (Å²) in [6.45, 7) is 0.558. The Morgan fingerprint density at radius 3 is 3.11 bits per heavy atom. The lowest BCUT2D eigenvalue weighted by atomic mass is 10.1. The van der Waals surface area contributed by atoms with Crippen LogP contribution in [0.1, 0.15) is 30.9 Å². The van der Waals surface area contributed by atoms with Crippen LogP contribution in [0.2, 0.25) is 0 Å². The van der Waals surface area contributed by atoms with Gasteiger partial charge in [0.05, 0.1) is 11.0 Å². The number of hydrogen-bond acceptors (Lipinski definition) is 4. The largest absolute Gasteiger partial charge is 0.353 e. The molecule has 0 saturated carbocycles. The summed E-state index contributed by atoms with van der Waals surface area (Å²) in [4.78, 5) is 31.7. The Morgan fingerprint density at radius 1 is 1.41 bits per heavy atom. The fourth-order valence-corrected chi connectivity index (χ4v) is 3.53. The van der Waals surface area contributed by atoms with Gasteiger partial charge in [0.2, 0.25) is 5.91 Å². The van der Waals surface area contributed by atoms with Crippen LogP contribution in [0.4, 0.5) is 4.39 Å². The Labute approximate surface area is 154 Å². The van der Waals surface area contributed by atoms with Gasteiger partial charge in [0.1, 0.15) is 17.5 Å². The molecule has 142 valence electrons. The van der Waals surface area contributed by atoms with Crippen molar-refractivity contribution in [1.29, 1.82) is 0 Å². The van der Waals surface area contributed by atoms with Crippen LogP contribution >= 0.6 is 0 Å². The quantitative estimate of drug-likeness (QED) is 0.715. The Kier molecular flexibility index (Phi) is 4.51. The SMILES string of the molecule is Cn1nc2n(c1=O)CCC(NC(=O)CCc1nc3ccc(F)cc3[nH]1)CC2. The third-order valence-electron chi connectivity index (χ3n) is 4.95. The fraction of sp³-hybridized carbons (Fsp3) is 0.444. The topological polar surface area (TPSA) is 97.6 Å². The van der Waals surface area contributed by atoms with E-state index in [0.717, 1.165) is 12.2 Å². The zero-order valence-corrected chi connectivity index (χ0v) is 15.0. The minimum Gasteiger partial charge on any atom is -0.353 e. The summed E-state index contributed by atoms with van der Waals surface area (Å²) in [5.74, 6) is 1.06. The number of rotatable bonds is 4. The van der Waals surface area contributed by atoms with Crippen LogP contribution in [0, 0.1) is 5.82 Å². The number of H-pyrrole nitrogens is 1. The van der Waals surface area contributed by atoms with E-state index < -0.39 is 0 Å². The molecule has 0 radical (unpaired) electrons. The van der Waals surface area contributed by atoms with Gasteiger partial charge in [-0.3, -0.25) is 9.36 Å². The molecule has 3 aromatic rings. The van der Waals surface area contributed by atoms with E-state index in [9.17, 15) is 14.0 Å².